The van der Waals surface area contributed by atoms with Crippen molar-refractivity contribution in [3.8, 4) is 11.5 Å². The van der Waals surface area contributed by atoms with Crippen LogP contribution >= 0.6 is 22.9 Å². The summed E-state index contributed by atoms with van der Waals surface area (Å²) in [7, 11) is 3.24. The molecule has 1 unspecified atom stereocenters. The zero-order chi connectivity index (χ0) is 13.1. The summed E-state index contributed by atoms with van der Waals surface area (Å²) in [5, 5.41) is 0. The maximum Gasteiger partial charge on any atom is 0.127 e. The van der Waals surface area contributed by atoms with Gasteiger partial charge in [0.05, 0.1) is 24.6 Å². The monoisotopic (exact) mass is 283 g/mol. The summed E-state index contributed by atoms with van der Waals surface area (Å²) in [5.74, 6) is 1.46. The Bertz CT molecular complexity index is 542. The Hall–Kier alpha value is -1.23. The van der Waals surface area contributed by atoms with Gasteiger partial charge < -0.3 is 15.2 Å². The third-order valence-electron chi connectivity index (χ3n) is 2.68. The first-order valence-corrected chi connectivity index (χ1v) is 6.58. The molecule has 2 rings (SSSR count). The Morgan fingerprint density at radius 1 is 1.17 bits per heavy atom. The fourth-order valence-electron chi connectivity index (χ4n) is 1.72. The van der Waals surface area contributed by atoms with Crippen LogP contribution in [0.5, 0.6) is 11.5 Å². The summed E-state index contributed by atoms with van der Waals surface area (Å²) in [6.07, 6.45) is 0. The molecule has 0 aliphatic heterocycles. The van der Waals surface area contributed by atoms with E-state index in [9.17, 15) is 0 Å². The van der Waals surface area contributed by atoms with E-state index in [4.69, 9.17) is 26.8 Å². The molecule has 0 saturated heterocycles. The smallest absolute Gasteiger partial charge is 0.127 e. The van der Waals surface area contributed by atoms with Gasteiger partial charge in [0.2, 0.25) is 0 Å². The van der Waals surface area contributed by atoms with Gasteiger partial charge in [0.15, 0.2) is 0 Å². The standard InChI is InChI=1S/C13H14ClNO2S/c1-16-8-3-4-9(10(7-8)17-2)13(15)11-5-6-12(14)18-11/h3-7,13H,15H2,1-2H3. The predicted octanol–water partition coefficient (Wildman–Crippen LogP) is 3.47. The van der Waals surface area contributed by atoms with Crippen LogP contribution in [0.3, 0.4) is 0 Å². The van der Waals surface area contributed by atoms with Gasteiger partial charge in [-0.2, -0.15) is 0 Å². The highest BCUT2D eigenvalue weighted by Gasteiger charge is 2.16. The Kier molecular flexibility index (Phi) is 4.11. The van der Waals surface area contributed by atoms with Crippen molar-refractivity contribution in [2.45, 2.75) is 6.04 Å². The lowest BCUT2D eigenvalue weighted by Crippen LogP contribution is -2.11. The van der Waals surface area contributed by atoms with E-state index < -0.39 is 0 Å². The molecule has 1 heterocycles. The molecule has 1 atom stereocenters. The van der Waals surface area contributed by atoms with Crippen LogP contribution in [0.25, 0.3) is 0 Å². The highest BCUT2D eigenvalue weighted by atomic mass is 35.5. The second-order valence-electron chi connectivity index (χ2n) is 3.73. The summed E-state index contributed by atoms with van der Waals surface area (Å²) in [6.45, 7) is 0. The van der Waals surface area contributed by atoms with E-state index in [1.807, 2.05) is 30.3 Å². The van der Waals surface area contributed by atoms with E-state index in [-0.39, 0.29) is 6.04 Å². The molecule has 18 heavy (non-hydrogen) atoms. The average Bonchev–Trinajstić information content (AvgIpc) is 2.83. The zero-order valence-electron chi connectivity index (χ0n) is 10.1. The lowest BCUT2D eigenvalue weighted by molar-refractivity contribution is 0.390. The average molecular weight is 284 g/mol. The van der Waals surface area contributed by atoms with Crippen molar-refractivity contribution in [2.24, 2.45) is 5.73 Å². The van der Waals surface area contributed by atoms with Crippen LogP contribution in [0.1, 0.15) is 16.5 Å². The third kappa shape index (κ3) is 2.61. The second-order valence-corrected chi connectivity index (χ2v) is 5.47. The quantitative estimate of drug-likeness (QED) is 0.934. The second kappa shape index (κ2) is 5.61. The van der Waals surface area contributed by atoms with Gasteiger partial charge in [-0.05, 0) is 24.3 Å². The molecule has 1 aromatic carbocycles. The van der Waals surface area contributed by atoms with Gasteiger partial charge in [-0.1, -0.05) is 11.6 Å². The van der Waals surface area contributed by atoms with E-state index in [0.717, 1.165) is 20.5 Å². The van der Waals surface area contributed by atoms with E-state index in [1.165, 1.54) is 11.3 Å². The number of hydrogen-bond acceptors (Lipinski definition) is 4. The summed E-state index contributed by atoms with van der Waals surface area (Å²) in [4.78, 5) is 1.00. The summed E-state index contributed by atoms with van der Waals surface area (Å²) in [6, 6.07) is 9.13. The molecule has 2 N–H and O–H groups in total. The van der Waals surface area contributed by atoms with Gasteiger partial charge in [-0.25, -0.2) is 0 Å². The minimum absolute atomic E-state index is 0.247. The van der Waals surface area contributed by atoms with Crippen LogP contribution in [0.2, 0.25) is 4.34 Å². The van der Waals surface area contributed by atoms with Crippen molar-refractivity contribution >= 4 is 22.9 Å². The van der Waals surface area contributed by atoms with Crippen molar-refractivity contribution in [2.75, 3.05) is 14.2 Å². The number of thiophene rings is 1. The van der Waals surface area contributed by atoms with E-state index in [1.54, 1.807) is 14.2 Å². The van der Waals surface area contributed by atoms with E-state index >= 15 is 0 Å². The topological polar surface area (TPSA) is 44.5 Å². The zero-order valence-corrected chi connectivity index (χ0v) is 11.7. The highest BCUT2D eigenvalue weighted by Crippen LogP contribution is 2.35. The van der Waals surface area contributed by atoms with Gasteiger partial charge in [0, 0.05) is 16.5 Å². The Morgan fingerprint density at radius 3 is 2.50 bits per heavy atom. The molecule has 0 aliphatic carbocycles. The molecule has 96 valence electrons. The van der Waals surface area contributed by atoms with Crippen molar-refractivity contribution < 1.29 is 9.47 Å². The first-order chi connectivity index (χ1) is 8.65. The van der Waals surface area contributed by atoms with Crippen molar-refractivity contribution in [3.05, 3.63) is 45.1 Å². The molecule has 1 aromatic heterocycles. The van der Waals surface area contributed by atoms with Crippen LogP contribution < -0.4 is 15.2 Å². The molecule has 2 aromatic rings. The molecule has 0 radical (unpaired) electrons. The molecule has 3 nitrogen and oxygen atoms in total. The Labute approximate surface area is 115 Å². The van der Waals surface area contributed by atoms with Crippen LogP contribution in [-0.2, 0) is 0 Å². The molecule has 0 amide bonds. The number of halogens is 1. The molecular weight excluding hydrogens is 270 g/mol. The molecule has 0 fully saturated rings. The lowest BCUT2D eigenvalue weighted by atomic mass is 10.0. The molecule has 0 spiro atoms. The van der Waals surface area contributed by atoms with Gasteiger partial charge in [0.25, 0.3) is 0 Å². The van der Waals surface area contributed by atoms with E-state index in [0.29, 0.717) is 5.75 Å². The maximum atomic E-state index is 6.23. The van der Waals surface area contributed by atoms with Gasteiger partial charge >= 0.3 is 0 Å². The number of hydrogen-bond donors (Lipinski definition) is 1. The van der Waals surface area contributed by atoms with Gasteiger partial charge in [0.1, 0.15) is 11.5 Å². The SMILES string of the molecule is COc1ccc(C(N)c2ccc(Cl)s2)c(OC)c1. The van der Waals surface area contributed by atoms with Crippen LogP contribution in [0.4, 0.5) is 0 Å². The van der Waals surface area contributed by atoms with Gasteiger partial charge in [-0.3, -0.25) is 0 Å². The van der Waals surface area contributed by atoms with Crippen molar-refractivity contribution in [3.63, 3.8) is 0 Å². The maximum absolute atomic E-state index is 6.23. The summed E-state index contributed by atoms with van der Waals surface area (Å²) >= 11 is 7.40. The van der Waals surface area contributed by atoms with Crippen molar-refractivity contribution in [1.29, 1.82) is 0 Å². The fourth-order valence-corrected chi connectivity index (χ4v) is 2.81. The van der Waals surface area contributed by atoms with Crippen LogP contribution in [-0.4, -0.2) is 14.2 Å². The fraction of sp³-hybridized carbons (Fsp3) is 0.231. The number of methoxy groups -OCH3 is 2. The molecular formula is C13H14ClNO2S. The molecule has 0 bridgehead atoms. The molecule has 0 saturated carbocycles. The highest BCUT2D eigenvalue weighted by molar-refractivity contribution is 7.16. The van der Waals surface area contributed by atoms with Crippen LogP contribution in [0, 0.1) is 0 Å². The lowest BCUT2D eigenvalue weighted by Gasteiger charge is -2.15. The summed E-state index contributed by atoms with van der Waals surface area (Å²) < 4.78 is 11.2. The Balaban J connectivity index is 2.38. The van der Waals surface area contributed by atoms with Gasteiger partial charge in [-0.15, -0.1) is 11.3 Å². The number of nitrogens with two attached hydrogens (primary N) is 1. The number of rotatable bonds is 4. The first-order valence-electron chi connectivity index (χ1n) is 5.38. The van der Waals surface area contributed by atoms with E-state index in [2.05, 4.69) is 0 Å². The minimum atomic E-state index is -0.247. The first kappa shape index (κ1) is 13.2. The van der Waals surface area contributed by atoms with Crippen LogP contribution in [0.15, 0.2) is 30.3 Å². The molecule has 5 heteroatoms. The number of benzene rings is 1. The largest absolute Gasteiger partial charge is 0.497 e. The third-order valence-corrected chi connectivity index (χ3v) is 3.99. The van der Waals surface area contributed by atoms with Crippen molar-refractivity contribution in [1.82, 2.24) is 0 Å². The number of ether oxygens (including phenoxy) is 2. The Morgan fingerprint density at radius 2 is 1.94 bits per heavy atom. The molecule has 0 aliphatic rings. The summed E-state index contributed by atoms with van der Waals surface area (Å²) in [5.41, 5.74) is 7.14. The predicted molar refractivity (Wildman–Crippen MR) is 74.9 cm³/mol. The minimum Gasteiger partial charge on any atom is -0.497 e. The normalized spacial score (nSPS) is 12.2.